The Morgan fingerprint density at radius 3 is 2.21 bits per heavy atom. The maximum Gasteiger partial charge on any atom is 0.0654 e. The van der Waals surface area contributed by atoms with E-state index in [1.165, 1.54) is 5.57 Å². The highest BCUT2D eigenvalue weighted by molar-refractivity contribution is 5.21. The van der Waals surface area contributed by atoms with Crippen LogP contribution in [0.3, 0.4) is 0 Å². The molecule has 0 spiro atoms. The third-order valence-corrected chi connectivity index (χ3v) is 12.3. The van der Waals surface area contributed by atoms with E-state index in [2.05, 4.69) is 54.5 Å². The van der Waals surface area contributed by atoms with Crippen LogP contribution in [-0.4, -0.2) is 44.3 Å². The fourth-order valence-electron chi connectivity index (χ4n) is 10.5. The van der Waals surface area contributed by atoms with Crippen molar-refractivity contribution in [2.45, 2.75) is 131 Å². The lowest BCUT2D eigenvalue weighted by molar-refractivity contribution is -0.274. The number of fused-ring (bicyclic) bond motifs is 5. The first-order chi connectivity index (χ1) is 15.5. The first kappa shape index (κ1) is 26.6. The van der Waals surface area contributed by atoms with E-state index in [0.29, 0.717) is 5.92 Å². The van der Waals surface area contributed by atoms with Crippen LogP contribution in [0.4, 0.5) is 0 Å². The number of hydrogen-bond acceptors (Lipinski definition) is 4. The molecule has 11 atom stereocenters. The predicted molar refractivity (Wildman–Crippen MR) is 137 cm³/mol. The fourth-order valence-corrected chi connectivity index (χ4v) is 10.5. The number of aliphatic hydroxyl groups excluding tert-OH is 3. The minimum absolute atomic E-state index is 0.0264. The minimum atomic E-state index is -0.810. The van der Waals surface area contributed by atoms with E-state index in [1.807, 2.05) is 6.92 Å². The van der Waals surface area contributed by atoms with Gasteiger partial charge in [0.15, 0.2) is 0 Å². The molecule has 0 amide bonds. The highest BCUT2D eigenvalue weighted by Crippen LogP contribution is 2.75. The first-order valence-corrected chi connectivity index (χ1v) is 13.9. The van der Waals surface area contributed by atoms with Crippen LogP contribution in [0.5, 0.6) is 0 Å². The van der Waals surface area contributed by atoms with Crippen LogP contribution in [0, 0.1) is 45.3 Å². The molecule has 4 aliphatic rings. The highest BCUT2D eigenvalue weighted by Gasteiger charge is 2.72. The third kappa shape index (κ3) is 3.60. The van der Waals surface area contributed by atoms with Gasteiger partial charge in [0.1, 0.15) is 0 Å². The Bertz CT molecular complexity index is 813. The standard InChI is InChI=1S/C30H52O4/c1-18(2)10-9-13-30(8,34)19-11-15-28(6)24(19)20(31)16-22-27(5)14-12-23(33)26(3,4)25(27)21(32)17-29(22,28)7/h10,19-25,31-34H,9,11-17H2,1-8H3/t19?,20?,21?,22?,23?,24?,25?,27?,28-,29?,30+/m1/s1. The van der Waals surface area contributed by atoms with Crippen molar-refractivity contribution >= 4 is 0 Å². The molecule has 0 aromatic carbocycles. The van der Waals surface area contributed by atoms with E-state index in [0.717, 1.165) is 51.4 Å². The van der Waals surface area contributed by atoms with Crippen LogP contribution in [0.1, 0.15) is 107 Å². The van der Waals surface area contributed by atoms with E-state index in [9.17, 15) is 20.4 Å². The van der Waals surface area contributed by atoms with Crippen molar-refractivity contribution < 1.29 is 20.4 Å². The second kappa shape index (κ2) is 8.30. The van der Waals surface area contributed by atoms with Crippen LogP contribution in [0.25, 0.3) is 0 Å². The Balaban J connectivity index is 1.70. The third-order valence-electron chi connectivity index (χ3n) is 12.3. The number of hydrogen-bond donors (Lipinski definition) is 4. The Hall–Kier alpha value is -0.420. The van der Waals surface area contributed by atoms with Crippen molar-refractivity contribution in [3.63, 3.8) is 0 Å². The van der Waals surface area contributed by atoms with Gasteiger partial charge in [-0.3, -0.25) is 0 Å². The summed E-state index contributed by atoms with van der Waals surface area (Å²) < 4.78 is 0. The molecule has 4 nitrogen and oxygen atoms in total. The molecule has 0 radical (unpaired) electrons. The van der Waals surface area contributed by atoms with Crippen molar-refractivity contribution in [1.29, 1.82) is 0 Å². The van der Waals surface area contributed by atoms with Gasteiger partial charge in [-0.1, -0.05) is 46.3 Å². The quantitative estimate of drug-likeness (QED) is 0.406. The molecule has 4 heteroatoms. The number of aliphatic hydroxyl groups is 4. The molecule has 0 aromatic heterocycles. The largest absolute Gasteiger partial charge is 0.393 e. The van der Waals surface area contributed by atoms with Crippen molar-refractivity contribution in [3.8, 4) is 0 Å². The monoisotopic (exact) mass is 476 g/mol. The maximum absolute atomic E-state index is 11.8. The average Bonchev–Trinajstić information content (AvgIpc) is 3.07. The Morgan fingerprint density at radius 1 is 0.941 bits per heavy atom. The van der Waals surface area contributed by atoms with Crippen molar-refractivity contribution in [2.75, 3.05) is 0 Å². The summed E-state index contributed by atoms with van der Waals surface area (Å²) in [7, 11) is 0. The number of rotatable bonds is 4. The summed E-state index contributed by atoms with van der Waals surface area (Å²) in [5.41, 5.74) is -0.230. The molecule has 0 bridgehead atoms. The van der Waals surface area contributed by atoms with E-state index in [-0.39, 0.29) is 39.4 Å². The smallest absolute Gasteiger partial charge is 0.0654 e. The molecule has 0 saturated heterocycles. The predicted octanol–water partition coefficient (Wildman–Crippen LogP) is 5.47. The van der Waals surface area contributed by atoms with Crippen LogP contribution in [-0.2, 0) is 0 Å². The Kier molecular flexibility index (Phi) is 6.50. The van der Waals surface area contributed by atoms with Gasteiger partial charge in [-0.15, -0.1) is 0 Å². The molecule has 196 valence electrons. The lowest BCUT2D eigenvalue weighted by atomic mass is 9.34. The molecule has 0 aliphatic heterocycles. The summed E-state index contributed by atoms with van der Waals surface area (Å²) in [6.45, 7) is 17.5. The molecular formula is C30H52O4. The highest BCUT2D eigenvalue weighted by atomic mass is 16.3. The second-order valence-electron chi connectivity index (χ2n) is 14.7. The van der Waals surface area contributed by atoms with Gasteiger partial charge in [0, 0.05) is 0 Å². The maximum atomic E-state index is 11.8. The molecule has 34 heavy (non-hydrogen) atoms. The fraction of sp³-hybridized carbons (Fsp3) is 0.933. The topological polar surface area (TPSA) is 80.9 Å². The molecular weight excluding hydrogens is 424 g/mol. The summed E-state index contributed by atoms with van der Waals surface area (Å²) in [5, 5.41) is 46.0. The molecule has 9 unspecified atom stereocenters. The van der Waals surface area contributed by atoms with Crippen LogP contribution < -0.4 is 0 Å². The van der Waals surface area contributed by atoms with Crippen molar-refractivity contribution in [3.05, 3.63) is 11.6 Å². The zero-order valence-electron chi connectivity index (χ0n) is 23.1. The van der Waals surface area contributed by atoms with Gasteiger partial charge in [0.05, 0.1) is 23.9 Å². The Labute approximate surface area is 208 Å². The second-order valence-corrected chi connectivity index (χ2v) is 14.7. The molecule has 4 N–H and O–H groups in total. The zero-order valence-corrected chi connectivity index (χ0v) is 23.1. The molecule has 4 fully saturated rings. The number of allylic oxidation sites excluding steroid dienone is 2. The summed E-state index contributed by atoms with van der Waals surface area (Å²) >= 11 is 0. The minimum Gasteiger partial charge on any atom is -0.393 e. The van der Waals surface area contributed by atoms with Gasteiger partial charge in [-0.25, -0.2) is 0 Å². The Morgan fingerprint density at radius 2 is 1.59 bits per heavy atom. The van der Waals surface area contributed by atoms with Gasteiger partial charge in [-0.2, -0.15) is 0 Å². The van der Waals surface area contributed by atoms with Gasteiger partial charge in [0.25, 0.3) is 0 Å². The van der Waals surface area contributed by atoms with Crippen LogP contribution in [0.2, 0.25) is 0 Å². The first-order valence-electron chi connectivity index (χ1n) is 13.9. The van der Waals surface area contributed by atoms with Gasteiger partial charge in [-0.05, 0) is 117 Å². The molecule has 4 rings (SSSR count). The molecule has 4 saturated carbocycles. The van der Waals surface area contributed by atoms with Crippen molar-refractivity contribution in [1.82, 2.24) is 0 Å². The normalized spacial score (nSPS) is 51.6. The summed E-state index contributed by atoms with van der Waals surface area (Å²) in [6.07, 6.45) is 7.54. The summed E-state index contributed by atoms with van der Waals surface area (Å²) in [4.78, 5) is 0. The molecule has 4 aliphatic carbocycles. The van der Waals surface area contributed by atoms with E-state index in [1.54, 1.807) is 0 Å². The van der Waals surface area contributed by atoms with E-state index < -0.39 is 23.9 Å². The van der Waals surface area contributed by atoms with Crippen LogP contribution in [0.15, 0.2) is 11.6 Å². The van der Waals surface area contributed by atoms with E-state index >= 15 is 0 Å². The lowest BCUT2D eigenvalue weighted by Crippen LogP contribution is -2.69. The van der Waals surface area contributed by atoms with Gasteiger partial charge in [0.2, 0.25) is 0 Å². The van der Waals surface area contributed by atoms with Gasteiger partial charge < -0.3 is 20.4 Å². The SMILES string of the molecule is CC(C)=CCC[C@](C)(O)C1CC[C@]2(C)C1C(O)CC1C3(C)CCC(O)C(C)(C)C3C(O)CC12C. The average molecular weight is 477 g/mol. The molecule has 0 aromatic rings. The lowest BCUT2D eigenvalue weighted by Gasteiger charge is -2.71. The molecule has 0 heterocycles. The van der Waals surface area contributed by atoms with E-state index in [4.69, 9.17) is 0 Å². The van der Waals surface area contributed by atoms with Gasteiger partial charge >= 0.3 is 0 Å². The van der Waals surface area contributed by atoms with Crippen molar-refractivity contribution in [2.24, 2.45) is 45.3 Å². The zero-order chi connectivity index (χ0) is 25.5. The summed E-state index contributed by atoms with van der Waals surface area (Å²) in [6, 6.07) is 0. The summed E-state index contributed by atoms with van der Waals surface area (Å²) in [5.74, 6) is 0.442. The van der Waals surface area contributed by atoms with Crippen LogP contribution >= 0.6 is 0 Å².